The molecule has 2 aromatic rings. The summed E-state index contributed by atoms with van der Waals surface area (Å²) in [6, 6.07) is 5.96. The lowest BCUT2D eigenvalue weighted by molar-refractivity contribution is 0.102. The molecule has 1 atom stereocenters. The van der Waals surface area contributed by atoms with Crippen molar-refractivity contribution in [1.82, 2.24) is 9.97 Å². The third-order valence-corrected chi connectivity index (χ3v) is 4.56. The number of hydrogen-bond acceptors (Lipinski definition) is 4. The standard InChI is InChI=1S/C19H24N4O/c1-13-6-5-9-23(12-13)19-20-10-16(11-21-19)18(24)22-17-14(2)7-4-8-15(17)3/h4,7-8,10-11,13H,5-6,9,12H2,1-3H3,(H,22,24). The predicted octanol–water partition coefficient (Wildman–Crippen LogP) is 3.58. The van der Waals surface area contributed by atoms with Gasteiger partial charge in [-0.2, -0.15) is 0 Å². The molecular weight excluding hydrogens is 300 g/mol. The lowest BCUT2D eigenvalue weighted by Gasteiger charge is -2.30. The summed E-state index contributed by atoms with van der Waals surface area (Å²) in [5.41, 5.74) is 3.43. The molecule has 1 amide bonds. The van der Waals surface area contributed by atoms with Crippen LogP contribution < -0.4 is 10.2 Å². The first-order valence-corrected chi connectivity index (χ1v) is 8.49. The van der Waals surface area contributed by atoms with Crippen LogP contribution >= 0.6 is 0 Å². The second-order valence-corrected chi connectivity index (χ2v) is 6.69. The fourth-order valence-corrected chi connectivity index (χ4v) is 3.17. The molecule has 0 radical (unpaired) electrons. The third kappa shape index (κ3) is 3.55. The summed E-state index contributed by atoms with van der Waals surface area (Å²) in [6.45, 7) is 8.18. The number of aryl methyl sites for hydroxylation is 2. The largest absolute Gasteiger partial charge is 0.341 e. The SMILES string of the molecule is Cc1cccc(C)c1NC(=O)c1cnc(N2CCCC(C)C2)nc1. The van der Waals surface area contributed by atoms with Crippen LogP contribution in [0.25, 0.3) is 0 Å². The molecule has 2 heterocycles. The molecule has 5 nitrogen and oxygen atoms in total. The number of benzene rings is 1. The van der Waals surface area contributed by atoms with E-state index in [1.807, 2.05) is 32.0 Å². The van der Waals surface area contributed by atoms with E-state index in [-0.39, 0.29) is 5.91 Å². The van der Waals surface area contributed by atoms with Crippen molar-refractivity contribution in [2.24, 2.45) is 5.92 Å². The number of nitrogens with one attached hydrogen (secondary N) is 1. The Morgan fingerprint density at radius 2 is 1.88 bits per heavy atom. The Balaban J connectivity index is 1.72. The first-order chi connectivity index (χ1) is 11.5. The Morgan fingerprint density at radius 3 is 2.50 bits per heavy atom. The van der Waals surface area contributed by atoms with E-state index in [1.54, 1.807) is 12.4 Å². The van der Waals surface area contributed by atoms with Gasteiger partial charge in [-0.25, -0.2) is 9.97 Å². The number of amides is 1. The van der Waals surface area contributed by atoms with Crippen molar-refractivity contribution in [3.63, 3.8) is 0 Å². The quantitative estimate of drug-likeness (QED) is 0.937. The molecule has 0 bridgehead atoms. The third-order valence-electron chi connectivity index (χ3n) is 4.56. The van der Waals surface area contributed by atoms with Crippen LogP contribution in [0.4, 0.5) is 11.6 Å². The van der Waals surface area contributed by atoms with E-state index in [4.69, 9.17) is 0 Å². The van der Waals surface area contributed by atoms with Crippen LogP contribution in [0.3, 0.4) is 0 Å². The van der Waals surface area contributed by atoms with Crippen LogP contribution in [-0.2, 0) is 0 Å². The molecule has 1 saturated heterocycles. The zero-order valence-electron chi connectivity index (χ0n) is 14.5. The molecule has 0 aliphatic carbocycles. The molecule has 24 heavy (non-hydrogen) atoms. The Morgan fingerprint density at radius 1 is 1.21 bits per heavy atom. The second-order valence-electron chi connectivity index (χ2n) is 6.69. The van der Waals surface area contributed by atoms with E-state index in [0.29, 0.717) is 17.4 Å². The van der Waals surface area contributed by atoms with Gasteiger partial charge < -0.3 is 10.2 Å². The highest BCUT2D eigenvalue weighted by molar-refractivity contribution is 6.04. The first-order valence-electron chi connectivity index (χ1n) is 8.49. The summed E-state index contributed by atoms with van der Waals surface area (Å²) in [7, 11) is 0. The van der Waals surface area contributed by atoms with Gasteiger partial charge in [-0.1, -0.05) is 25.1 Å². The van der Waals surface area contributed by atoms with Gasteiger partial charge in [0.25, 0.3) is 5.91 Å². The van der Waals surface area contributed by atoms with Crippen molar-refractivity contribution in [3.05, 3.63) is 47.3 Å². The van der Waals surface area contributed by atoms with E-state index >= 15 is 0 Å². The molecule has 1 unspecified atom stereocenters. The normalized spacial score (nSPS) is 17.6. The highest BCUT2D eigenvalue weighted by Gasteiger charge is 2.19. The minimum atomic E-state index is -0.175. The predicted molar refractivity (Wildman–Crippen MR) is 96.5 cm³/mol. The highest BCUT2D eigenvalue weighted by Crippen LogP contribution is 2.21. The number of para-hydroxylation sites is 1. The first kappa shape index (κ1) is 16.4. The molecule has 1 N–H and O–H groups in total. The molecule has 0 saturated carbocycles. The molecule has 3 rings (SSSR count). The number of aromatic nitrogens is 2. The smallest absolute Gasteiger partial charge is 0.258 e. The maximum Gasteiger partial charge on any atom is 0.258 e. The lowest BCUT2D eigenvalue weighted by Crippen LogP contribution is -2.35. The summed E-state index contributed by atoms with van der Waals surface area (Å²) in [6.07, 6.45) is 5.65. The summed E-state index contributed by atoms with van der Waals surface area (Å²) in [4.78, 5) is 23.4. The number of piperidine rings is 1. The van der Waals surface area contributed by atoms with E-state index in [1.165, 1.54) is 12.8 Å². The van der Waals surface area contributed by atoms with Gasteiger partial charge in [-0.05, 0) is 43.7 Å². The maximum absolute atomic E-state index is 12.5. The van der Waals surface area contributed by atoms with E-state index < -0.39 is 0 Å². The zero-order valence-corrected chi connectivity index (χ0v) is 14.5. The van der Waals surface area contributed by atoms with Crippen molar-refractivity contribution in [2.75, 3.05) is 23.3 Å². The van der Waals surface area contributed by atoms with Crippen molar-refractivity contribution >= 4 is 17.5 Å². The Kier molecular flexibility index (Phi) is 4.79. The highest BCUT2D eigenvalue weighted by atomic mass is 16.1. The van der Waals surface area contributed by atoms with Gasteiger partial charge in [0.1, 0.15) is 0 Å². The van der Waals surface area contributed by atoms with Gasteiger partial charge in [0.05, 0.1) is 5.56 Å². The maximum atomic E-state index is 12.5. The lowest BCUT2D eigenvalue weighted by atomic mass is 10.0. The summed E-state index contributed by atoms with van der Waals surface area (Å²) < 4.78 is 0. The van der Waals surface area contributed by atoms with Crippen LogP contribution in [0.2, 0.25) is 0 Å². The molecule has 1 fully saturated rings. The summed E-state index contributed by atoms with van der Waals surface area (Å²) in [5.74, 6) is 1.20. The number of carbonyl (C=O) groups is 1. The monoisotopic (exact) mass is 324 g/mol. The fraction of sp³-hybridized carbons (Fsp3) is 0.421. The van der Waals surface area contributed by atoms with Crippen molar-refractivity contribution < 1.29 is 4.79 Å². The van der Waals surface area contributed by atoms with E-state index in [0.717, 1.165) is 29.9 Å². The molecule has 5 heteroatoms. The number of nitrogens with zero attached hydrogens (tertiary/aromatic N) is 3. The summed E-state index contributed by atoms with van der Waals surface area (Å²) in [5, 5.41) is 2.97. The van der Waals surface area contributed by atoms with Crippen molar-refractivity contribution in [3.8, 4) is 0 Å². The van der Waals surface area contributed by atoms with Gasteiger partial charge in [-0.15, -0.1) is 0 Å². The fourth-order valence-electron chi connectivity index (χ4n) is 3.17. The van der Waals surface area contributed by atoms with E-state index in [2.05, 4.69) is 27.1 Å². The molecule has 126 valence electrons. The topological polar surface area (TPSA) is 58.1 Å². The van der Waals surface area contributed by atoms with Gasteiger partial charge >= 0.3 is 0 Å². The van der Waals surface area contributed by atoms with Crippen LogP contribution in [-0.4, -0.2) is 29.0 Å². The average Bonchev–Trinajstić information content (AvgIpc) is 2.58. The summed E-state index contributed by atoms with van der Waals surface area (Å²) >= 11 is 0. The van der Waals surface area contributed by atoms with Gasteiger partial charge in [0.2, 0.25) is 5.95 Å². The Hall–Kier alpha value is -2.43. The molecule has 1 aliphatic heterocycles. The van der Waals surface area contributed by atoms with E-state index in [9.17, 15) is 4.79 Å². The zero-order chi connectivity index (χ0) is 17.1. The molecule has 0 spiro atoms. The van der Waals surface area contributed by atoms with Crippen LogP contribution in [0, 0.1) is 19.8 Å². The number of carbonyl (C=O) groups excluding carboxylic acids is 1. The van der Waals surface area contributed by atoms with Gasteiger partial charge in [-0.3, -0.25) is 4.79 Å². The minimum absolute atomic E-state index is 0.175. The van der Waals surface area contributed by atoms with Crippen molar-refractivity contribution in [1.29, 1.82) is 0 Å². The second kappa shape index (κ2) is 6.99. The van der Waals surface area contributed by atoms with Crippen molar-refractivity contribution in [2.45, 2.75) is 33.6 Å². The molecular formula is C19H24N4O. The average molecular weight is 324 g/mol. The molecule has 1 aromatic heterocycles. The van der Waals surface area contributed by atoms with Crippen LogP contribution in [0.5, 0.6) is 0 Å². The molecule has 1 aromatic carbocycles. The number of anilines is 2. The number of hydrogen-bond donors (Lipinski definition) is 1. The Bertz CT molecular complexity index is 706. The molecule has 1 aliphatic rings. The van der Waals surface area contributed by atoms with Crippen LogP contribution in [0.15, 0.2) is 30.6 Å². The van der Waals surface area contributed by atoms with Gasteiger partial charge in [0, 0.05) is 31.2 Å². The Labute approximate surface area is 143 Å². The number of rotatable bonds is 3. The minimum Gasteiger partial charge on any atom is -0.341 e. The van der Waals surface area contributed by atoms with Gasteiger partial charge in [0.15, 0.2) is 0 Å². The van der Waals surface area contributed by atoms with Crippen LogP contribution in [0.1, 0.15) is 41.3 Å².